The predicted octanol–water partition coefficient (Wildman–Crippen LogP) is 2.55. The Morgan fingerprint density at radius 2 is 2.11 bits per heavy atom. The van der Waals surface area contributed by atoms with E-state index in [0.29, 0.717) is 16.9 Å². The number of carbonyl (C=O) groups excluding carboxylic acids is 1. The number of nitrogens with zero attached hydrogens (tertiary/aromatic N) is 2. The molecule has 0 unspecified atom stereocenters. The molecule has 0 radical (unpaired) electrons. The molecule has 0 aliphatic rings. The van der Waals surface area contributed by atoms with E-state index in [1.165, 1.54) is 18.2 Å². The van der Waals surface area contributed by atoms with E-state index in [0.717, 1.165) is 0 Å². The smallest absolute Gasteiger partial charge is 0.272 e. The van der Waals surface area contributed by atoms with Gasteiger partial charge in [0.05, 0.1) is 4.92 Å². The van der Waals surface area contributed by atoms with E-state index in [-0.39, 0.29) is 11.6 Å². The predicted molar refractivity (Wildman–Crippen MR) is 70.0 cm³/mol. The Morgan fingerprint density at radius 1 is 1.32 bits per heavy atom. The average Bonchev–Trinajstić information content (AvgIpc) is 2.39. The van der Waals surface area contributed by atoms with Gasteiger partial charge in [-0.25, -0.2) is 4.98 Å². The molecule has 1 aromatic heterocycles. The number of pyridine rings is 1. The van der Waals surface area contributed by atoms with Crippen molar-refractivity contribution >= 4 is 17.4 Å². The summed E-state index contributed by atoms with van der Waals surface area (Å²) in [6.45, 7) is 1.59. The van der Waals surface area contributed by atoms with Crippen LogP contribution in [0.3, 0.4) is 0 Å². The number of nitro groups is 1. The first-order valence-electron chi connectivity index (χ1n) is 5.55. The second-order valence-corrected chi connectivity index (χ2v) is 3.93. The van der Waals surface area contributed by atoms with E-state index >= 15 is 0 Å². The molecule has 96 valence electrons. The minimum atomic E-state index is -0.476. The van der Waals surface area contributed by atoms with E-state index < -0.39 is 4.92 Å². The van der Waals surface area contributed by atoms with Crippen molar-refractivity contribution in [1.82, 2.24) is 4.98 Å². The molecule has 1 aromatic carbocycles. The van der Waals surface area contributed by atoms with Crippen LogP contribution < -0.4 is 5.32 Å². The van der Waals surface area contributed by atoms with E-state index in [2.05, 4.69) is 10.3 Å². The highest BCUT2D eigenvalue weighted by molar-refractivity contribution is 6.04. The molecular formula is C13H11N3O3. The van der Waals surface area contributed by atoms with Crippen LogP contribution in [0.15, 0.2) is 42.6 Å². The SMILES string of the molecule is Cc1cc(C(=O)Nc2ccccn2)ccc1[N+](=O)[O-]. The summed E-state index contributed by atoms with van der Waals surface area (Å²) in [5.41, 5.74) is 0.793. The van der Waals surface area contributed by atoms with Gasteiger partial charge in [-0.1, -0.05) is 6.07 Å². The van der Waals surface area contributed by atoms with Crippen LogP contribution in [0.1, 0.15) is 15.9 Å². The number of aromatic nitrogens is 1. The lowest BCUT2D eigenvalue weighted by atomic mass is 10.1. The Kier molecular flexibility index (Phi) is 3.51. The molecule has 6 nitrogen and oxygen atoms in total. The topological polar surface area (TPSA) is 85.1 Å². The van der Waals surface area contributed by atoms with Gasteiger partial charge in [-0.3, -0.25) is 14.9 Å². The number of rotatable bonds is 3. The van der Waals surface area contributed by atoms with Crippen LogP contribution >= 0.6 is 0 Å². The quantitative estimate of drug-likeness (QED) is 0.676. The Morgan fingerprint density at radius 3 is 2.68 bits per heavy atom. The zero-order chi connectivity index (χ0) is 13.8. The van der Waals surface area contributed by atoms with Crippen LogP contribution in [0.4, 0.5) is 11.5 Å². The molecule has 1 heterocycles. The highest BCUT2D eigenvalue weighted by Crippen LogP contribution is 2.19. The average molecular weight is 257 g/mol. The Hall–Kier alpha value is -2.76. The first-order valence-corrected chi connectivity index (χ1v) is 5.55. The van der Waals surface area contributed by atoms with Crippen LogP contribution in [0, 0.1) is 17.0 Å². The number of nitro benzene ring substituents is 1. The van der Waals surface area contributed by atoms with Crippen LogP contribution in [-0.2, 0) is 0 Å². The fraction of sp³-hybridized carbons (Fsp3) is 0.0769. The third-order valence-corrected chi connectivity index (χ3v) is 2.56. The first kappa shape index (κ1) is 12.7. The molecule has 2 rings (SSSR count). The van der Waals surface area contributed by atoms with Gasteiger partial charge in [0.25, 0.3) is 11.6 Å². The second kappa shape index (κ2) is 5.26. The van der Waals surface area contributed by atoms with E-state index in [9.17, 15) is 14.9 Å². The summed E-state index contributed by atoms with van der Waals surface area (Å²) in [4.78, 5) is 26.1. The Balaban J connectivity index is 2.21. The monoisotopic (exact) mass is 257 g/mol. The molecule has 0 aliphatic heterocycles. The number of carbonyl (C=O) groups is 1. The molecule has 1 N–H and O–H groups in total. The molecule has 0 saturated carbocycles. The maximum absolute atomic E-state index is 11.9. The zero-order valence-corrected chi connectivity index (χ0v) is 10.2. The van der Waals surface area contributed by atoms with Crippen LogP contribution in [-0.4, -0.2) is 15.8 Å². The highest BCUT2D eigenvalue weighted by Gasteiger charge is 2.13. The largest absolute Gasteiger partial charge is 0.307 e. The maximum atomic E-state index is 11.9. The van der Waals surface area contributed by atoms with E-state index in [4.69, 9.17) is 0 Å². The summed E-state index contributed by atoms with van der Waals surface area (Å²) in [5.74, 6) is 0.0835. The van der Waals surface area contributed by atoms with Gasteiger partial charge in [0.2, 0.25) is 0 Å². The molecule has 19 heavy (non-hydrogen) atoms. The van der Waals surface area contributed by atoms with Gasteiger partial charge in [-0.2, -0.15) is 0 Å². The van der Waals surface area contributed by atoms with Gasteiger partial charge in [-0.05, 0) is 31.2 Å². The summed E-state index contributed by atoms with van der Waals surface area (Å²) >= 11 is 0. The highest BCUT2D eigenvalue weighted by atomic mass is 16.6. The van der Waals surface area contributed by atoms with Crippen molar-refractivity contribution in [3.8, 4) is 0 Å². The van der Waals surface area contributed by atoms with Crippen molar-refractivity contribution < 1.29 is 9.72 Å². The lowest BCUT2D eigenvalue weighted by Gasteiger charge is -2.05. The van der Waals surface area contributed by atoms with Gasteiger partial charge in [0, 0.05) is 23.4 Å². The van der Waals surface area contributed by atoms with Crippen molar-refractivity contribution in [2.24, 2.45) is 0 Å². The lowest BCUT2D eigenvalue weighted by molar-refractivity contribution is -0.385. The van der Waals surface area contributed by atoms with Crippen molar-refractivity contribution in [2.75, 3.05) is 5.32 Å². The second-order valence-electron chi connectivity index (χ2n) is 3.93. The summed E-state index contributed by atoms with van der Waals surface area (Å²) in [6, 6.07) is 9.38. The fourth-order valence-electron chi connectivity index (χ4n) is 1.63. The normalized spacial score (nSPS) is 9.95. The number of hydrogen-bond acceptors (Lipinski definition) is 4. The summed E-state index contributed by atoms with van der Waals surface area (Å²) in [6.07, 6.45) is 1.57. The van der Waals surface area contributed by atoms with Crippen molar-refractivity contribution in [1.29, 1.82) is 0 Å². The van der Waals surface area contributed by atoms with Gasteiger partial charge in [0.15, 0.2) is 0 Å². The summed E-state index contributed by atoms with van der Waals surface area (Å²) in [7, 11) is 0. The van der Waals surface area contributed by atoms with Gasteiger partial charge >= 0.3 is 0 Å². The Labute approximate surface area is 109 Å². The third-order valence-electron chi connectivity index (χ3n) is 2.56. The molecule has 2 aromatic rings. The maximum Gasteiger partial charge on any atom is 0.272 e. The van der Waals surface area contributed by atoms with E-state index in [1.54, 1.807) is 31.3 Å². The molecule has 0 aliphatic carbocycles. The molecular weight excluding hydrogens is 246 g/mol. The standard InChI is InChI=1S/C13H11N3O3/c1-9-8-10(5-6-11(9)16(18)19)13(17)15-12-4-2-3-7-14-12/h2-8H,1H3,(H,14,15,17). The van der Waals surface area contributed by atoms with E-state index in [1.807, 2.05) is 0 Å². The molecule has 1 amide bonds. The van der Waals surface area contributed by atoms with Gasteiger partial charge in [0.1, 0.15) is 5.82 Å². The van der Waals surface area contributed by atoms with Crippen LogP contribution in [0.2, 0.25) is 0 Å². The Bertz CT molecular complexity index is 626. The molecule has 6 heteroatoms. The first-order chi connectivity index (χ1) is 9.08. The molecule has 0 fully saturated rings. The van der Waals surface area contributed by atoms with Crippen LogP contribution in [0.25, 0.3) is 0 Å². The number of amides is 1. The number of nitrogens with one attached hydrogen (secondary N) is 1. The molecule has 0 saturated heterocycles. The van der Waals surface area contributed by atoms with Crippen molar-refractivity contribution in [2.45, 2.75) is 6.92 Å². The molecule has 0 atom stereocenters. The number of aryl methyl sites for hydroxylation is 1. The molecule has 0 bridgehead atoms. The summed E-state index contributed by atoms with van der Waals surface area (Å²) < 4.78 is 0. The van der Waals surface area contributed by atoms with Crippen molar-refractivity contribution in [3.05, 3.63) is 63.8 Å². The minimum Gasteiger partial charge on any atom is -0.307 e. The lowest BCUT2D eigenvalue weighted by Crippen LogP contribution is -2.13. The number of benzene rings is 1. The number of anilines is 1. The minimum absolute atomic E-state index is 0.00520. The van der Waals surface area contributed by atoms with Gasteiger partial charge in [-0.15, -0.1) is 0 Å². The number of hydrogen-bond donors (Lipinski definition) is 1. The van der Waals surface area contributed by atoms with Crippen LogP contribution in [0.5, 0.6) is 0 Å². The third kappa shape index (κ3) is 2.92. The fourth-order valence-corrected chi connectivity index (χ4v) is 1.63. The summed E-state index contributed by atoms with van der Waals surface area (Å²) in [5, 5.41) is 13.3. The van der Waals surface area contributed by atoms with Gasteiger partial charge < -0.3 is 5.32 Å². The van der Waals surface area contributed by atoms with Crippen molar-refractivity contribution in [3.63, 3.8) is 0 Å². The zero-order valence-electron chi connectivity index (χ0n) is 10.2. The molecule has 0 spiro atoms.